The smallest absolute Gasteiger partial charge is 0.166 e. The molecule has 0 nitrogen and oxygen atoms in total. The van der Waals surface area contributed by atoms with Crippen molar-refractivity contribution in [2.75, 3.05) is 0 Å². The molecule has 71 valence electrons. The van der Waals surface area contributed by atoms with E-state index in [2.05, 4.69) is 15.9 Å². The number of alkyl halides is 3. The topological polar surface area (TPSA) is 0 Å². The van der Waals surface area contributed by atoms with Gasteiger partial charge in [0, 0.05) is 0 Å². The van der Waals surface area contributed by atoms with Gasteiger partial charge in [0.2, 0.25) is 0 Å². The summed E-state index contributed by atoms with van der Waals surface area (Å²) in [6.45, 7) is 0. The first kappa shape index (κ1) is 11.1. The maximum atomic E-state index is 12.2. The Morgan fingerprint density at radius 1 is 1.31 bits per heavy atom. The van der Waals surface area contributed by atoms with Crippen molar-refractivity contribution >= 4 is 39.1 Å². The van der Waals surface area contributed by atoms with E-state index in [1.807, 2.05) is 6.07 Å². The molecule has 0 atom stereocenters. The fourth-order valence-electron chi connectivity index (χ4n) is 0.683. The zero-order valence-corrected chi connectivity index (χ0v) is 8.94. The van der Waals surface area contributed by atoms with Gasteiger partial charge in [-0.1, -0.05) is 23.2 Å². The lowest BCUT2D eigenvalue weighted by Gasteiger charge is -2.09. The molecule has 0 aliphatic heterocycles. The Morgan fingerprint density at radius 2 is 1.85 bits per heavy atom. The minimum absolute atomic E-state index is 0.0295. The minimum Gasteiger partial charge on any atom is -0.166 e. The van der Waals surface area contributed by atoms with Crippen LogP contribution in [0.5, 0.6) is 0 Å². The number of halogens is 6. The van der Waals surface area contributed by atoms with Crippen LogP contribution in [0.4, 0.5) is 13.2 Å². The van der Waals surface area contributed by atoms with Gasteiger partial charge in [-0.25, -0.2) is 0 Å². The molecule has 0 amide bonds. The molecule has 0 heterocycles. The largest absolute Gasteiger partial charge is 0.418 e. The average Bonchev–Trinajstić information content (AvgIpc) is 1.98. The van der Waals surface area contributed by atoms with E-state index in [9.17, 15) is 13.2 Å². The van der Waals surface area contributed by atoms with E-state index < -0.39 is 16.8 Å². The Balaban J connectivity index is 3.35. The van der Waals surface area contributed by atoms with E-state index in [0.717, 1.165) is 6.07 Å². The normalized spacial score (nSPS) is 11.8. The Morgan fingerprint density at radius 3 is 2.31 bits per heavy atom. The molecule has 1 radical (unpaired) electrons. The van der Waals surface area contributed by atoms with Crippen LogP contribution >= 0.6 is 39.1 Å². The lowest BCUT2D eigenvalue weighted by Crippen LogP contribution is -2.06. The van der Waals surface area contributed by atoms with Crippen LogP contribution in [-0.4, -0.2) is 0 Å². The predicted molar refractivity (Wildman–Crippen MR) is 48.0 cm³/mol. The van der Waals surface area contributed by atoms with Crippen molar-refractivity contribution in [2.24, 2.45) is 0 Å². The van der Waals surface area contributed by atoms with Gasteiger partial charge in [0.15, 0.2) is 0 Å². The zero-order chi connectivity index (χ0) is 10.2. The molecule has 1 aromatic carbocycles. The Kier molecular flexibility index (Phi) is 3.15. The zero-order valence-electron chi connectivity index (χ0n) is 5.85. The van der Waals surface area contributed by atoms with Gasteiger partial charge in [-0.2, -0.15) is 13.2 Å². The molecule has 0 spiro atoms. The number of hydrogen-bond acceptors (Lipinski definition) is 0. The third-order valence-corrected chi connectivity index (χ3v) is 3.20. The van der Waals surface area contributed by atoms with Crippen LogP contribution in [-0.2, 0) is 6.18 Å². The van der Waals surface area contributed by atoms with Gasteiger partial charge in [-0.3, -0.25) is 0 Å². The van der Waals surface area contributed by atoms with E-state index in [-0.39, 0.29) is 9.50 Å². The Hall–Kier alpha value is 0.0700. The molecule has 1 rings (SSSR count). The first-order valence-corrected chi connectivity index (χ1v) is 4.51. The quantitative estimate of drug-likeness (QED) is 0.614. The summed E-state index contributed by atoms with van der Waals surface area (Å²) in [6.07, 6.45) is -4.51. The molecule has 13 heavy (non-hydrogen) atoms. The highest BCUT2D eigenvalue weighted by Gasteiger charge is 2.34. The van der Waals surface area contributed by atoms with Crippen molar-refractivity contribution in [3.8, 4) is 0 Å². The van der Waals surface area contributed by atoms with Crippen LogP contribution in [0.3, 0.4) is 0 Å². The Bertz CT molecular complexity index is 335. The molecule has 0 saturated heterocycles. The third kappa shape index (κ3) is 2.30. The van der Waals surface area contributed by atoms with Crippen LogP contribution in [0.25, 0.3) is 0 Å². The first-order chi connectivity index (χ1) is 5.84. The molecule has 0 unspecified atom stereocenters. The van der Waals surface area contributed by atoms with E-state index >= 15 is 0 Å². The van der Waals surface area contributed by atoms with E-state index in [1.165, 1.54) is 0 Å². The fraction of sp³-hybridized carbons (Fsp3) is 0.143. The van der Waals surface area contributed by atoms with Crippen LogP contribution < -0.4 is 0 Å². The highest BCUT2D eigenvalue weighted by atomic mass is 79.9. The maximum Gasteiger partial charge on any atom is 0.418 e. The standard InChI is InChI=1S/C7HBrCl2F3/c8-5-4(9)2-1-3(6(5)10)7(11,12)13/h2H. The summed E-state index contributed by atoms with van der Waals surface area (Å²) >= 11 is 13.7. The van der Waals surface area contributed by atoms with Gasteiger partial charge in [-0.15, -0.1) is 0 Å². The lowest BCUT2D eigenvalue weighted by molar-refractivity contribution is -0.137. The van der Waals surface area contributed by atoms with Crippen molar-refractivity contribution in [3.05, 3.63) is 32.2 Å². The summed E-state index contributed by atoms with van der Waals surface area (Å²) in [7, 11) is 0. The maximum absolute atomic E-state index is 12.2. The van der Waals surface area contributed by atoms with Gasteiger partial charge in [0.25, 0.3) is 0 Å². The second kappa shape index (κ2) is 3.67. The van der Waals surface area contributed by atoms with Gasteiger partial charge in [0.05, 0.1) is 20.1 Å². The van der Waals surface area contributed by atoms with Gasteiger partial charge < -0.3 is 0 Å². The van der Waals surface area contributed by atoms with Crippen LogP contribution in [0, 0.1) is 6.07 Å². The molecule has 0 aliphatic carbocycles. The van der Waals surface area contributed by atoms with Crippen LogP contribution in [0.15, 0.2) is 10.5 Å². The van der Waals surface area contributed by atoms with Crippen molar-refractivity contribution < 1.29 is 13.2 Å². The summed E-state index contributed by atoms with van der Waals surface area (Å²) in [4.78, 5) is 0. The molecule has 0 N–H and O–H groups in total. The van der Waals surface area contributed by atoms with E-state index in [1.54, 1.807) is 0 Å². The molecule has 0 fully saturated rings. The average molecular weight is 293 g/mol. The van der Waals surface area contributed by atoms with Crippen molar-refractivity contribution in [2.45, 2.75) is 6.18 Å². The SMILES string of the molecule is FC(F)(F)c1[c]cc(Cl)c(Br)c1Cl. The molecular weight excluding hydrogens is 292 g/mol. The summed E-state index contributed by atoms with van der Waals surface area (Å²) in [5.41, 5.74) is -1.02. The van der Waals surface area contributed by atoms with Crippen LogP contribution in [0.2, 0.25) is 10.0 Å². The summed E-state index contributed by atoms with van der Waals surface area (Å²) in [6, 6.07) is 2.98. The predicted octanol–water partition coefficient (Wildman–Crippen LogP) is 4.57. The summed E-state index contributed by atoms with van der Waals surface area (Å²) in [5, 5.41) is -0.377. The van der Waals surface area contributed by atoms with Crippen molar-refractivity contribution in [1.29, 1.82) is 0 Å². The fourth-order valence-corrected chi connectivity index (χ4v) is 1.46. The molecule has 0 aliphatic rings. The highest BCUT2D eigenvalue weighted by Crippen LogP contribution is 2.40. The molecule has 6 heteroatoms. The first-order valence-electron chi connectivity index (χ1n) is 2.96. The second-order valence-corrected chi connectivity index (χ2v) is 3.72. The molecule has 0 aromatic heterocycles. The number of rotatable bonds is 0. The summed E-state index contributed by atoms with van der Waals surface area (Å²) in [5.74, 6) is 0. The van der Waals surface area contributed by atoms with Gasteiger partial charge in [0.1, 0.15) is 0 Å². The summed E-state index contributed by atoms with van der Waals surface area (Å²) < 4.78 is 36.6. The molecular formula is C7HBrCl2F3. The monoisotopic (exact) mass is 291 g/mol. The second-order valence-electron chi connectivity index (χ2n) is 2.14. The molecule has 0 saturated carbocycles. The minimum atomic E-state index is -4.51. The van der Waals surface area contributed by atoms with Gasteiger partial charge >= 0.3 is 6.18 Å². The van der Waals surface area contributed by atoms with Gasteiger partial charge in [-0.05, 0) is 28.1 Å². The molecule has 0 bridgehead atoms. The number of benzene rings is 1. The van der Waals surface area contributed by atoms with E-state index in [0.29, 0.717) is 0 Å². The third-order valence-electron chi connectivity index (χ3n) is 1.25. The van der Waals surface area contributed by atoms with Crippen molar-refractivity contribution in [1.82, 2.24) is 0 Å². The molecule has 1 aromatic rings. The lowest BCUT2D eigenvalue weighted by atomic mass is 10.2. The van der Waals surface area contributed by atoms with E-state index in [4.69, 9.17) is 23.2 Å². The highest BCUT2D eigenvalue weighted by molar-refractivity contribution is 9.10. The van der Waals surface area contributed by atoms with Crippen LogP contribution in [0.1, 0.15) is 5.56 Å². The number of hydrogen-bond donors (Lipinski definition) is 0. The van der Waals surface area contributed by atoms with Crippen molar-refractivity contribution in [3.63, 3.8) is 0 Å². The Labute approximate surface area is 90.8 Å².